The highest BCUT2D eigenvalue weighted by atomic mass is 16.5. The van der Waals surface area contributed by atoms with Gasteiger partial charge in [-0.3, -0.25) is 0 Å². The lowest BCUT2D eigenvalue weighted by Crippen LogP contribution is -1.93. The molecule has 0 aliphatic heterocycles. The molecular formula is C19H32O2. The average Bonchev–Trinajstić information content (AvgIpc) is 2.50. The highest BCUT2D eigenvalue weighted by Gasteiger charge is 1.90. The lowest BCUT2D eigenvalue weighted by molar-refractivity contribution is -0.134. The van der Waals surface area contributed by atoms with E-state index in [1.807, 2.05) is 6.08 Å². The Morgan fingerprint density at radius 1 is 0.810 bits per heavy atom. The quantitative estimate of drug-likeness (QED) is 0.187. The number of hydrogen-bond acceptors (Lipinski definition) is 2. The predicted molar refractivity (Wildman–Crippen MR) is 91.3 cm³/mol. The lowest BCUT2D eigenvalue weighted by atomic mass is 10.1. The van der Waals surface area contributed by atoms with Gasteiger partial charge in [-0.2, -0.15) is 0 Å². The maximum Gasteiger partial charge on any atom is 0.330 e. The standard InChI is InChI=1S/C19H32O2/c1-3-4-5-6-7-8-9-10-11-12-13-14-15-16-17-18-19(20)21-2/h6-7,9-10,17-18H,3-5,8,11-16H2,1-2H3. The Morgan fingerprint density at radius 2 is 1.38 bits per heavy atom. The predicted octanol–water partition coefficient (Wildman–Crippen LogP) is 5.75. The van der Waals surface area contributed by atoms with Gasteiger partial charge in [0, 0.05) is 6.08 Å². The molecule has 0 aromatic carbocycles. The van der Waals surface area contributed by atoms with Crippen LogP contribution in [-0.2, 0) is 9.53 Å². The number of esters is 1. The van der Waals surface area contributed by atoms with Crippen LogP contribution in [0.1, 0.15) is 71.1 Å². The van der Waals surface area contributed by atoms with Crippen molar-refractivity contribution < 1.29 is 9.53 Å². The number of carbonyl (C=O) groups is 1. The highest BCUT2D eigenvalue weighted by molar-refractivity contribution is 5.81. The lowest BCUT2D eigenvalue weighted by Gasteiger charge is -1.97. The normalized spacial score (nSPS) is 11.9. The van der Waals surface area contributed by atoms with Crippen molar-refractivity contribution in [3.63, 3.8) is 0 Å². The summed E-state index contributed by atoms with van der Waals surface area (Å²) in [6, 6.07) is 0. The molecule has 0 fully saturated rings. The number of carbonyl (C=O) groups excluding carboxylic acids is 1. The van der Waals surface area contributed by atoms with Gasteiger partial charge in [0.1, 0.15) is 0 Å². The maximum absolute atomic E-state index is 10.8. The summed E-state index contributed by atoms with van der Waals surface area (Å²) >= 11 is 0. The Hall–Kier alpha value is -1.31. The van der Waals surface area contributed by atoms with E-state index in [9.17, 15) is 4.79 Å². The summed E-state index contributed by atoms with van der Waals surface area (Å²) in [5, 5.41) is 0. The van der Waals surface area contributed by atoms with Crippen molar-refractivity contribution in [2.45, 2.75) is 71.1 Å². The largest absolute Gasteiger partial charge is 0.466 e. The molecule has 0 atom stereocenters. The summed E-state index contributed by atoms with van der Waals surface area (Å²) in [5.74, 6) is -0.260. The van der Waals surface area contributed by atoms with Crippen LogP contribution in [0.2, 0.25) is 0 Å². The smallest absolute Gasteiger partial charge is 0.330 e. The van der Waals surface area contributed by atoms with Gasteiger partial charge in [-0.25, -0.2) is 4.79 Å². The van der Waals surface area contributed by atoms with Gasteiger partial charge in [0.2, 0.25) is 0 Å². The second-order valence-electron chi connectivity index (χ2n) is 5.24. The Labute approximate surface area is 131 Å². The van der Waals surface area contributed by atoms with Gasteiger partial charge >= 0.3 is 5.97 Å². The number of rotatable bonds is 13. The summed E-state index contributed by atoms with van der Waals surface area (Å²) in [6.45, 7) is 2.23. The molecule has 0 amide bonds. The van der Waals surface area contributed by atoms with Gasteiger partial charge in [-0.1, -0.05) is 63.0 Å². The van der Waals surface area contributed by atoms with Gasteiger partial charge in [0.15, 0.2) is 0 Å². The van der Waals surface area contributed by atoms with Gasteiger partial charge in [-0.05, 0) is 38.5 Å². The van der Waals surface area contributed by atoms with E-state index in [0.29, 0.717) is 0 Å². The van der Waals surface area contributed by atoms with Gasteiger partial charge < -0.3 is 4.74 Å². The minimum Gasteiger partial charge on any atom is -0.466 e. The van der Waals surface area contributed by atoms with Crippen LogP contribution in [0.25, 0.3) is 0 Å². The molecule has 0 N–H and O–H groups in total. The minimum absolute atomic E-state index is 0.260. The number of hydrogen-bond donors (Lipinski definition) is 0. The fourth-order valence-corrected chi connectivity index (χ4v) is 1.95. The van der Waals surface area contributed by atoms with Crippen molar-refractivity contribution in [1.29, 1.82) is 0 Å². The van der Waals surface area contributed by atoms with Gasteiger partial charge in [-0.15, -0.1) is 0 Å². The van der Waals surface area contributed by atoms with Gasteiger partial charge in [0.25, 0.3) is 0 Å². The van der Waals surface area contributed by atoms with Crippen LogP contribution in [0.15, 0.2) is 36.5 Å². The van der Waals surface area contributed by atoms with Crippen LogP contribution in [0, 0.1) is 0 Å². The molecule has 0 heterocycles. The molecule has 2 heteroatoms. The van der Waals surface area contributed by atoms with Crippen molar-refractivity contribution in [1.82, 2.24) is 0 Å². The summed E-state index contributed by atoms with van der Waals surface area (Å²) in [5.41, 5.74) is 0. The molecule has 120 valence electrons. The summed E-state index contributed by atoms with van der Waals surface area (Å²) < 4.78 is 4.53. The van der Waals surface area contributed by atoms with Crippen LogP contribution in [0.4, 0.5) is 0 Å². The summed E-state index contributed by atoms with van der Waals surface area (Å²) in [4.78, 5) is 10.8. The summed E-state index contributed by atoms with van der Waals surface area (Å²) in [7, 11) is 1.40. The van der Waals surface area contributed by atoms with E-state index in [0.717, 1.165) is 19.3 Å². The third-order valence-corrected chi connectivity index (χ3v) is 3.28. The first kappa shape index (κ1) is 19.7. The number of methoxy groups -OCH3 is 1. The number of unbranched alkanes of at least 4 members (excludes halogenated alkanes) is 7. The third kappa shape index (κ3) is 16.6. The molecule has 0 aromatic heterocycles. The van der Waals surface area contributed by atoms with E-state index in [4.69, 9.17) is 0 Å². The van der Waals surface area contributed by atoms with Crippen molar-refractivity contribution in [2.75, 3.05) is 7.11 Å². The van der Waals surface area contributed by atoms with E-state index in [-0.39, 0.29) is 5.97 Å². The van der Waals surface area contributed by atoms with Crippen molar-refractivity contribution in [2.24, 2.45) is 0 Å². The molecule has 0 unspecified atom stereocenters. The van der Waals surface area contributed by atoms with E-state index in [1.54, 1.807) is 0 Å². The number of allylic oxidation sites excluding steroid dienone is 5. The molecular weight excluding hydrogens is 260 g/mol. The van der Waals surface area contributed by atoms with Crippen molar-refractivity contribution in [3.05, 3.63) is 36.5 Å². The fraction of sp³-hybridized carbons (Fsp3) is 0.632. The summed E-state index contributed by atoms with van der Waals surface area (Å²) in [6.07, 6.45) is 24.4. The second-order valence-corrected chi connectivity index (χ2v) is 5.24. The Kier molecular flexibility index (Phi) is 15.7. The first-order chi connectivity index (χ1) is 10.3. The molecule has 0 bridgehead atoms. The Balaban J connectivity index is 3.26. The zero-order valence-electron chi connectivity index (χ0n) is 13.9. The zero-order valence-corrected chi connectivity index (χ0v) is 13.9. The molecule has 0 saturated carbocycles. The zero-order chi connectivity index (χ0) is 15.6. The van der Waals surface area contributed by atoms with Crippen LogP contribution in [0.3, 0.4) is 0 Å². The molecule has 0 saturated heterocycles. The molecule has 0 aliphatic carbocycles. The van der Waals surface area contributed by atoms with Crippen LogP contribution in [-0.4, -0.2) is 13.1 Å². The van der Waals surface area contributed by atoms with E-state index in [2.05, 4.69) is 36.0 Å². The molecule has 0 radical (unpaired) electrons. The third-order valence-electron chi connectivity index (χ3n) is 3.28. The van der Waals surface area contributed by atoms with E-state index >= 15 is 0 Å². The first-order valence-electron chi connectivity index (χ1n) is 8.35. The first-order valence-corrected chi connectivity index (χ1v) is 8.35. The fourth-order valence-electron chi connectivity index (χ4n) is 1.95. The topological polar surface area (TPSA) is 26.3 Å². The molecule has 0 aliphatic rings. The highest BCUT2D eigenvalue weighted by Crippen LogP contribution is 2.07. The monoisotopic (exact) mass is 292 g/mol. The molecule has 0 aromatic rings. The SMILES string of the molecule is CCCCC=CCC=CCCCCCCC=CC(=O)OC. The Bertz CT molecular complexity index is 314. The average molecular weight is 292 g/mol. The minimum atomic E-state index is -0.260. The van der Waals surface area contributed by atoms with Crippen LogP contribution < -0.4 is 0 Å². The molecule has 0 spiro atoms. The van der Waals surface area contributed by atoms with Crippen LogP contribution in [0.5, 0.6) is 0 Å². The van der Waals surface area contributed by atoms with Crippen molar-refractivity contribution in [3.8, 4) is 0 Å². The number of ether oxygens (including phenoxy) is 1. The van der Waals surface area contributed by atoms with Crippen LogP contribution >= 0.6 is 0 Å². The van der Waals surface area contributed by atoms with E-state index in [1.165, 1.54) is 58.1 Å². The second kappa shape index (κ2) is 16.7. The molecule has 0 rings (SSSR count). The van der Waals surface area contributed by atoms with Crippen molar-refractivity contribution >= 4 is 5.97 Å². The van der Waals surface area contributed by atoms with E-state index < -0.39 is 0 Å². The van der Waals surface area contributed by atoms with Gasteiger partial charge in [0.05, 0.1) is 7.11 Å². The molecule has 2 nitrogen and oxygen atoms in total. The molecule has 21 heavy (non-hydrogen) atoms. The maximum atomic E-state index is 10.8. The Morgan fingerprint density at radius 3 is 1.95 bits per heavy atom.